The summed E-state index contributed by atoms with van der Waals surface area (Å²) in [6.07, 6.45) is 5.89. The summed E-state index contributed by atoms with van der Waals surface area (Å²) >= 11 is 0. The maximum absolute atomic E-state index is 12.3. The second-order valence-electron chi connectivity index (χ2n) is 8.02. The van der Waals surface area contributed by atoms with Crippen LogP contribution in [0.5, 0.6) is 0 Å². The average Bonchev–Trinajstić information content (AvgIpc) is 3.35. The van der Waals surface area contributed by atoms with Crippen LogP contribution in [0.4, 0.5) is 10.5 Å². The largest absolute Gasteiger partial charge is 0.394 e. The molecule has 1 aromatic rings. The number of carbonyl (C=O) groups excluding carboxylic acids is 2. The molecular weight excluding hydrogens is 376 g/mol. The smallest absolute Gasteiger partial charge is 0.319 e. The van der Waals surface area contributed by atoms with Gasteiger partial charge in [0, 0.05) is 12.5 Å². The standard InChI is InChI=1S/C20H32N4O5/c1-12-18(13(2)29-24-12)23-20(27)22-16-8-7-15(28-17(16)11-25)9-10-21-19(26)14-5-3-4-6-14/h14-17,25H,3-11H2,1-2H3,(H,21,26)(H2,22,23,27)/t15-,16-,17-/m0/s1. The summed E-state index contributed by atoms with van der Waals surface area (Å²) in [5.41, 5.74) is 1.16. The van der Waals surface area contributed by atoms with Crippen LogP contribution in [0.2, 0.25) is 0 Å². The fourth-order valence-electron chi connectivity index (χ4n) is 4.18. The summed E-state index contributed by atoms with van der Waals surface area (Å²) in [5, 5.41) is 22.1. The van der Waals surface area contributed by atoms with E-state index >= 15 is 0 Å². The average molecular weight is 408 g/mol. The van der Waals surface area contributed by atoms with Crippen LogP contribution in [-0.4, -0.2) is 53.6 Å². The van der Waals surface area contributed by atoms with Crippen molar-refractivity contribution in [2.75, 3.05) is 18.5 Å². The highest BCUT2D eigenvalue weighted by Crippen LogP contribution is 2.25. The highest BCUT2D eigenvalue weighted by atomic mass is 16.5. The molecule has 1 aliphatic heterocycles. The molecule has 0 spiro atoms. The van der Waals surface area contributed by atoms with E-state index in [-0.39, 0.29) is 36.6 Å². The van der Waals surface area contributed by atoms with Crippen molar-refractivity contribution in [2.45, 2.75) is 77.0 Å². The van der Waals surface area contributed by atoms with E-state index < -0.39 is 6.10 Å². The molecule has 9 heteroatoms. The van der Waals surface area contributed by atoms with E-state index in [0.29, 0.717) is 36.5 Å². The molecule has 0 unspecified atom stereocenters. The normalized spacial score (nSPS) is 25.0. The van der Waals surface area contributed by atoms with Gasteiger partial charge in [0.05, 0.1) is 18.8 Å². The lowest BCUT2D eigenvalue weighted by atomic mass is 9.97. The first-order valence-corrected chi connectivity index (χ1v) is 10.5. The topological polar surface area (TPSA) is 126 Å². The number of urea groups is 1. The van der Waals surface area contributed by atoms with E-state index in [2.05, 4.69) is 21.1 Å². The first kappa shape index (κ1) is 21.6. The van der Waals surface area contributed by atoms with Crippen molar-refractivity contribution in [3.05, 3.63) is 11.5 Å². The second kappa shape index (κ2) is 10.1. The summed E-state index contributed by atoms with van der Waals surface area (Å²) in [7, 11) is 0. The molecule has 3 amide bonds. The highest BCUT2D eigenvalue weighted by Gasteiger charge is 2.32. The van der Waals surface area contributed by atoms with Crippen LogP contribution in [0, 0.1) is 19.8 Å². The Morgan fingerprint density at radius 1 is 1.17 bits per heavy atom. The lowest BCUT2D eigenvalue weighted by Crippen LogP contribution is -2.52. The molecule has 1 saturated heterocycles. The van der Waals surface area contributed by atoms with E-state index in [9.17, 15) is 14.7 Å². The summed E-state index contributed by atoms with van der Waals surface area (Å²) < 4.78 is 11.0. The number of amides is 3. The van der Waals surface area contributed by atoms with Gasteiger partial charge in [0.1, 0.15) is 17.5 Å². The number of hydrogen-bond acceptors (Lipinski definition) is 6. The summed E-state index contributed by atoms with van der Waals surface area (Å²) in [5.74, 6) is 0.848. The van der Waals surface area contributed by atoms with Gasteiger partial charge in [-0.2, -0.15) is 0 Å². The Balaban J connectivity index is 1.41. The van der Waals surface area contributed by atoms with Gasteiger partial charge in [0.15, 0.2) is 5.76 Å². The molecule has 3 atom stereocenters. The van der Waals surface area contributed by atoms with Gasteiger partial charge in [-0.25, -0.2) is 4.79 Å². The van der Waals surface area contributed by atoms with Crippen molar-refractivity contribution < 1.29 is 24.0 Å². The summed E-state index contributed by atoms with van der Waals surface area (Å²) in [4.78, 5) is 24.4. The minimum absolute atomic E-state index is 0.0419. The molecule has 9 nitrogen and oxygen atoms in total. The maximum Gasteiger partial charge on any atom is 0.319 e. The van der Waals surface area contributed by atoms with Crippen LogP contribution < -0.4 is 16.0 Å². The van der Waals surface area contributed by atoms with Crippen molar-refractivity contribution >= 4 is 17.6 Å². The molecule has 162 valence electrons. The molecule has 29 heavy (non-hydrogen) atoms. The summed E-state index contributed by atoms with van der Waals surface area (Å²) in [6, 6.07) is -0.668. The van der Waals surface area contributed by atoms with E-state index in [1.165, 1.54) is 0 Å². The Labute approximate surface area is 170 Å². The fraction of sp³-hybridized carbons (Fsp3) is 0.750. The highest BCUT2D eigenvalue weighted by molar-refractivity contribution is 5.90. The molecule has 0 bridgehead atoms. The Kier molecular flexibility index (Phi) is 7.49. The first-order valence-electron chi connectivity index (χ1n) is 10.5. The quantitative estimate of drug-likeness (QED) is 0.547. The predicted octanol–water partition coefficient (Wildman–Crippen LogP) is 2.02. The van der Waals surface area contributed by atoms with Crippen LogP contribution in [-0.2, 0) is 9.53 Å². The van der Waals surface area contributed by atoms with Crippen molar-refractivity contribution in [3.8, 4) is 0 Å². The molecule has 3 rings (SSSR count). The maximum atomic E-state index is 12.3. The molecule has 4 N–H and O–H groups in total. The van der Waals surface area contributed by atoms with Crippen molar-refractivity contribution in [1.29, 1.82) is 0 Å². The molecule has 0 aromatic carbocycles. The van der Waals surface area contributed by atoms with E-state index in [1.54, 1.807) is 13.8 Å². The van der Waals surface area contributed by atoms with Gasteiger partial charge < -0.3 is 30.3 Å². The number of hydrogen-bond donors (Lipinski definition) is 4. The molecule has 1 aromatic heterocycles. The van der Waals surface area contributed by atoms with Gasteiger partial charge in [0.2, 0.25) is 5.91 Å². The van der Waals surface area contributed by atoms with Gasteiger partial charge in [-0.1, -0.05) is 18.0 Å². The Hall–Kier alpha value is -2.13. The van der Waals surface area contributed by atoms with Crippen molar-refractivity contribution in [1.82, 2.24) is 15.8 Å². The molecule has 2 aliphatic rings. The first-order chi connectivity index (χ1) is 14.0. The Morgan fingerprint density at radius 2 is 1.93 bits per heavy atom. The number of aliphatic hydroxyl groups is 1. The number of anilines is 1. The monoisotopic (exact) mass is 408 g/mol. The Bertz CT molecular complexity index is 682. The van der Waals surface area contributed by atoms with E-state index in [4.69, 9.17) is 9.26 Å². The van der Waals surface area contributed by atoms with Crippen molar-refractivity contribution in [2.24, 2.45) is 5.92 Å². The lowest BCUT2D eigenvalue weighted by Gasteiger charge is -2.36. The number of aryl methyl sites for hydroxylation is 2. The third kappa shape index (κ3) is 5.70. The third-order valence-electron chi connectivity index (χ3n) is 5.88. The zero-order chi connectivity index (χ0) is 20.8. The SMILES string of the molecule is Cc1noc(C)c1NC(=O)N[C@H]1CC[C@@H](CCNC(=O)C2CCCC2)O[C@H]1CO. The lowest BCUT2D eigenvalue weighted by molar-refractivity contribution is -0.125. The van der Waals surface area contributed by atoms with Gasteiger partial charge in [-0.05, 0) is 46.0 Å². The second-order valence-corrected chi connectivity index (χ2v) is 8.02. The van der Waals surface area contributed by atoms with E-state index in [0.717, 1.165) is 32.1 Å². The number of rotatable bonds is 7. The van der Waals surface area contributed by atoms with Gasteiger partial charge in [-0.15, -0.1) is 0 Å². The predicted molar refractivity (Wildman–Crippen MR) is 106 cm³/mol. The Morgan fingerprint density at radius 3 is 2.59 bits per heavy atom. The molecule has 2 fully saturated rings. The zero-order valence-corrected chi connectivity index (χ0v) is 17.2. The van der Waals surface area contributed by atoms with Crippen LogP contribution in [0.1, 0.15) is 56.4 Å². The molecule has 1 saturated carbocycles. The molecule has 0 radical (unpaired) electrons. The zero-order valence-electron chi connectivity index (χ0n) is 17.2. The third-order valence-corrected chi connectivity index (χ3v) is 5.88. The number of nitrogens with zero attached hydrogens (tertiary/aromatic N) is 1. The van der Waals surface area contributed by atoms with Gasteiger partial charge in [0.25, 0.3) is 0 Å². The van der Waals surface area contributed by atoms with E-state index in [1.807, 2.05) is 0 Å². The van der Waals surface area contributed by atoms with Gasteiger partial charge in [-0.3, -0.25) is 4.79 Å². The number of ether oxygens (including phenoxy) is 1. The molecule has 1 aliphatic carbocycles. The molecule has 2 heterocycles. The van der Waals surface area contributed by atoms with Gasteiger partial charge >= 0.3 is 6.03 Å². The number of aromatic nitrogens is 1. The number of nitrogens with one attached hydrogen (secondary N) is 3. The van der Waals surface area contributed by atoms with Crippen LogP contribution >= 0.6 is 0 Å². The number of carbonyl (C=O) groups is 2. The van der Waals surface area contributed by atoms with Crippen molar-refractivity contribution in [3.63, 3.8) is 0 Å². The summed E-state index contributed by atoms with van der Waals surface area (Å²) in [6.45, 7) is 3.87. The number of aliphatic hydroxyl groups excluding tert-OH is 1. The van der Waals surface area contributed by atoms with Crippen LogP contribution in [0.25, 0.3) is 0 Å². The molecular formula is C20H32N4O5. The minimum atomic E-state index is -0.477. The minimum Gasteiger partial charge on any atom is -0.394 e. The fourth-order valence-corrected chi connectivity index (χ4v) is 4.18. The van der Waals surface area contributed by atoms with Crippen LogP contribution in [0.15, 0.2) is 4.52 Å². The van der Waals surface area contributed by atoms with Crippen LogP contribution in [0.3, 0.4) is 0 Å².